The molecule has 138 valence electrons. The highest BCUT2D eigenvalue weighted by Gasteiger charge is 2.28. The summed E-state index contributed by atoms with van der Waals surface area (Å²) < 4.78 is 42.0. The monoisotopic (exact) mass is 384 g/mol. The minimum atomic E-state index is -4.40. The van der Waals surface area contributed by atoms with Crippen molar-refractivity contribution in [2.45, 2.75) is 25.9 Å². The van der Waals surface area contributed by atoms with Crippen molar-refractivity contribution in [3.05, 3.63) is 35.7 Å². The van der Waals surface area contributed by atoms with Gasteiger partial charge in [-0.3, -0.25) is 15.2 Å². The molecule has 0 atom stereocenters. The number of halogens is 3. The number of carbonyl (C=O) groups is 1. The maximum Gasteiger partial charge on any atom is 0.422 e. The summed E-state index contributed by atoms with van der Waals surface area (Å²) in [5, 5.41) is 9.72. The first-order chi connectivity index (χ1) is 12.2. The van der Waals surface area contributed by atoms with Crippen molar-refractivity contribution >= 4 is 32.6 Å². The Morgan fingerprint density at radius 2 is 2.12 bits per heavy atom. The number of amides is 1. The number of nitrogens with one attached hydrogen (secondary N) is 2. The number of carbonyl (C=O) groups excluding carboxylic acids is 1. The smallest absolute Gasteiger partial charge is 0.422 e. The van der Waals surface area contributed by atoms with E-state index in [-0.39, 0.29) is 17.4 Å². The van der Waals surface area contributed by atoms with E-state index in [0.29, 0.717) is 15.3 Å². The summed E-state index contributed by atoms with van der Waals surface area (Å²) in [7, 11) is 0. The molecule has 1 aromatic carbocycles. The van der Waals surface area contributed by atoms with Crippen molar-refractivity contribution < 1.29 is 22.7 Å². The molecule has 6 nitrogen and oxygen atoms in total. The average Bonchev–Trinajstić information content (AvgIpc) is 3.18. The minimum Gasteiger partial charge on any atom is -0.484 e. The number of aromatic amines is 1. The van der Waals surface area contributed by atoms with Gasteiger partial charge in [-0.05, 0) is 30.2 Å². The Morgan fingerprint density at radius 1 is 1.35 bits per heavy atom. The van der Waals surface area contributed by atoms with Crippen LogP contribution in [0.25, 0.3) is 10.2 Å². The molecule has 0 unspecified atom stereocenters. The molecule has 3 aromatic rings. The number of aromatic nitrogens is 3. The molecule has 1 amide bonds. The van der Waals surface area contributed by atoms with Crippen molar-refractivity contribution in [2.75, 3.05) is 11.9 Å². The third-order valence-corrected chi connectivity index (χ3v) is 4.37. The van der Waals surface area contributed by atoms with Gasteiger partial charge in [-0.1, -0.05) is 25.2 Å². The van der Waals surface area contributed by atoms with Crippen LogP contribution < -0.4 is 10.1 Å². The van der Waals surface area contributed by atoms with E-state index in [1.54, 1.807) is 12.1 Å². The number of hydrogen-bond donors (Lipinski definition) is 2. The molecule has 0 bridgehead atoms. The molecule has 0 spiro atoms. The molecule has 0 fully saturated rings. The molecule has 0 saturated heterocycles. The average molecular weight is 384 g/mol. The quantitative estimate of drug-likeness (QED) is 0.686. The number of H-pyrrole nitrogens is 1. The fourth-order valence-electron chi connectivity index (χ4n) is 2.12. The van der Waals surface area contributed by atoms with E-state index in [4.69, 9.17) is 4.74 Å². The Morgan fingerprint density at radius 3 is 2.77 bits per heavy atom. The Balaban J connectivity index is 1.73. The molecule has 3 rings (SSSR count). The van der Waals surface area contributed by atoms with E-state index in [9.17, 15) is 18.0 Å². The normalized spacial score (nSPS) is 11.9. The van der Waals surface area contributed by atoms with Crippen LogP contribution in [-0.2, 0) is 0 Å². The van der Waals surface area contributed by atoms with Crippen LogP contribution >= 0.6 is 11.3 Å². The lowest BCUT2D eigenvalue weighted by molar-refractivity contribution is -0.153. The first-order valence-electron chi connectivity index (χ1n) is 7.68. The van der Waals surface area contributed by atoms with Crippen molar-refractivity contribution in [2.24, 2.45) is 0 Å². The number of nitrogens with zero attached hydrogens (tertiary/aromatic N) is 2. The predicted molar refractivity (Wildman–Crippen MR) is 91.8 cm³/mol. The molecule has 0 aliphatic carbocycles. The highest BCUT2D eigenvalue weighted by atomic mass is 32.1. The molecule has 0 radical (unpaired) electrons. The first-order valence-corrected chi connectivity index (χ1v) is 8.50. The van der Waals surface area contributed by atoms with Crippen LogP contribution in [-0.4, -0.2) is 33.9 Å². The van der Waals surface area contributed by atoms with Gasteiger partial charge in [-0.25, -0.2) is 4.98 Å². The summed E-state index contributed by atoms with van der Waals surface area (Å²) in [6.45, 7) is 2.58. The summed E-state index contributed by atoms with van der Waals surface area (Å²) in [5.74, 6) is -0.118. The second-order valence-electron chi connectivity index (χ2n) is 5.87. The SMILES string of the molecule is CC(C)c1cc(C(=O)Nc2nc3ccc(OCC(F)(F)F)cc3s2)n[nH]1. The fourth-order valence-corrected chi connectivity index (χ4v) is 3.01. The van der Waals surface area contributed by atoms with E-state index in [0.717, 1.165) is 17.0 Å². The highest BCUT2D eigenvalue weighted by Crippen LogP contribution is 2.30. The van der Waals surface area contributed by atoms with Gasteiger partial charge in [0, 0.05) is 5.69 Å². The maximum absolute atomic E-state index is 12.2. The van der Waals surface area contributed by atoms with E-state index in [1.807, 2.05) is 13.8 Å². The Bertz CT molecular complexity index is 933. The van der Waals surface area contributed by atoms with Crippen LogP contribution in [0.5, 0.6) is 5.75 Å². The van der Waals surface area contributed by atoms with E-state index in [1.165, 1.54) is 12.1 Å². The second-order valence-corrected chi connectivity index (χ2v) is 6.90. The third-order valence-electron chi connectivity index (χ3n) is 3.44. The van der Waals surface area contributed by atoms with E-state index >= 15 is 0 Å². The number of thiazole rings is 1. The molecule has 0 aliphatic heterocycles. The summed E-state index contributed by atoms with van der Waals surface area (Å²) in [6, 6.07) is 6.07. The third kappa shape index (κ3) is 4.31. The molecular weight excluding hydrogens is 369 g/mol. The summed E-state index contributed by atoms with van der Waals surface area (Å²) in [5.41, 5.74) is 1.63. The van der Waals surface area contributed by atoms with Gasteiger partial charge in [0.25, 0.3) is 5.91 Å². The zero-order chi connectivity index (χ0) is 18.9. The summed E-state index contributed by atoms with van der Waals surface area (Å²) in [6.07, 6.45) is -4.40. The van der Waals surface area contributed by atoms with Gasteiger partial charge in [-0.15, -0.1) is 0 Å². The number of rotatable bonds is 5. The van der Waals surface area contributed by atoms with Crippen molar-refractivity contribution in [3.8, 4) is 5.75 Å². The van der Waals surface area contributed by atoms with Gasteiger partial charge in [0.05, 0.1) is 10.2 Å². The largest absolute Gasteiger partial charge is 0.484 e. The number of ether oxygens (including phenoxy) is 1. The van der Waals surface area contributed by atoms with Crippen LogP contribution in [0.3, 0.4) is 0 Å². The first kappa shape index (κ1) is 18.2. The number of benzene rings is 1. The Kier molecular flexibility index (Phi) is 4.86. The topological polar surface area (TPSA) is 79.9 Å². The van der Waals surface area contributed by atoms with Gasteiger partial charge < -0.3 is 4.74 Å². The summed E-state index contributed by atoms with van der Waals surface area (Å²) >= 11 is 1.14. The van der Waals surface area contributed by atoms with Crippen LogP contribution in [0.4, 0.5) is 18.3 Å². The van der Waals surface area contributed by atoms with Gasteiger partial charge in [0.15, 0.2) is 17.4 Å². The van der Waals surface area contributed by atoms with Gasteiger partial charge in [0.2, 0.25) is 0 Å². The zero-order valence-electron chi connectivity index (χ0n) is 13.8. The van der Waals surface area contributed by atoms with Crippen LogP contribution in [0.1, 0.15) is 35.9 Å². The zero-order valence-corrected chi connectivity index (χ0v) is 14.7. The maximum atomic E-state index is 12.2. The van der Waals surface area contributed by atoms with E-state index < -0.39 is 18.7 Å². The molecular formula is C16H15F3N4O2S. The molecule has 2 heterocycles. The highest BCUT2D eigenvalue weighted by molar-refractivity contribution is 7.22. The van der Waals surface area contributed by atoms with Crippen molar-refractivity contribution in [1.29, 1.82) is 0 Å². The van der Waals surface area contributed by atoms with Gasteiger partial charge >= 0.3 is 6.18 Å². The lowest BCUT2D eigenvalue weighted by Gasteiger charge is -2.08. The van der Waals surface area contributed by atoms with Crippen LogP contribution in [0, 0.1) is 0 Å². The Hall–Kier alpha value is -2.62. The van der Waals surface area contributed by atoms with E-state index in [2.05, 4.69) is 20.5 Å². The van der Waals surface area contributed by atoms with Crippen LogP contribution in [0.15, 0.2) is 24.3 Å². The van der Waals surface area contributed by atoms with Crippen LogP contribution in [0.2, 0.25) is 0 Å². The molecule has 2 N–H and O–H groups in total. The standard InChI is InChI=1S/C16H15F3N4O2S/c1-8(2)11-6-12(23-22-11)14(24)21-15-20-10-4-3-9(5-13(10)26-15)25-7-16(17,18)19/h3-6,8H,7H2,1-2H3,(H,22,23)(H,20,21,24). The lowest BCUT2D eigenvalue weighted by atomic mass is 10.1. The fraction of sp³-hybridized carbons (Fsp3) is 0.312. The molecule has 0 aliphatic rings. The Labute approximate surface area is 150 Å². The minimum absolute atomic E-state index is 0.0882. The van der Waals surface area contributed by atoms with Crippen molar-refractivity contribution in [3.63, 3.8) is 0 Å². The molecule has 0 saturated carbocycles. The number of fused-ring (bicyclic) bond motifs is 1. The number of anilines is 1. The molecule has 2 aromatic heterocycles. The molecule has 10 heteroatoms. The predicted octanol–water partition coefficient (Wildman–Crippen LogP) is 4.34. The summed E-state index contributed by atoms with van der Waals surface area (Å²) in [4.78, 5) is 16.5. The lowest BCUT2D eigenvalue weighted by Crippen LogP contribution is -2.19. The number of hydrogen-bond acceptors (Lipinski definition) is 5. The van der Waals surface area contributed by atoms with Crippen molar-refractivity contribution in [1.82, 2.24) is 15.2 Å². The number of alkyl halides is 3. The van der Waals surface area contributed by atoms with Gasteiger partial charge in [-0.2, -0.15) is 18.3 Å². The molecule has 26 heavy (non-hydrogen) atoms. The van der Waals surface area contributed by atoms with Gasteiger partial charge in [0.1, 0.15) is 5.75 Å². The second kappa shape index (κ2) is 6.94.